The number of rotatable bonds is 4. The maximum atomic E-state index is 12.5. The Morgan fingerprint density at radius 3 is 2.65 bits per heavy atom. The highest BCUT2D eigenvalue weighted by atomic mass is 16.5. The first-order chi connectivity index (χ1) is 11.2. The van der Waals surface area contributed by atoms with Crippen molar-refractivity contribution in [2.45, 2.75) is 18.6 Å². The van der Waals surface area contributed by atoms with Gasteiger partial charge in [-0.15, -0.1) is 0 Å². The number of ether oxygens (including phenoxy) is 1. The predicted octanol–water partition coefficient (Wildman–Crippen LogP) is 1.69. The Morgan fingerprint density at radius 1 is 1.22 bits per heavy atom. The number of amides is 2. The van der Waals surface area contributed by atoms with Crippen LogP contribution in [0.2, 0.25) is 0 Å². The SMILES string of the molecule is CNC(=O)[C@@H]1C[C@H](Oc2ccccc2)CN1C(=O)c1ccco1. The minimum atomic E-state index is -0.564. The highest BCUT2D eigenvalue weighted by Crippen LogP contribution is 2.25. The normalized spacial score (nSPS) is 20.3. The summed E-state index contributed by atoms with van der Waals surface area (Å²) in [6.45, 7) is 0.340. The van der Waals surface area contributed by atoms with E-state index < -0.39 is 6.04 Å². The molecule has 1 saturated heterocycles. The van der Waals surface area contributed by atoms with Crippen LogP contribution in [-0.4, -0.2) is 42.5 Å². The fourth-order valence-electron chi connectivity index (χ4n) is 2.76. The molecule has 0 unspecified atom stereocenters. The van der Waals surface area contributed by atoms with E-state index in [0.717, 1.165) is 5.75 Å². The number of carbonyl (C=O) groups is 2. The molecule has 3 rings (SSSR count). The first-order valence-electron chi connectivity index (χ1n) is 7.47. The third-order valence-corrected chi connectivity index (χ3v) is 3.85. The molecular formula is C17H18N2O4. The van der Waals surface area contributed by atoms with Crippen LogP contribution >= 0.6 is 0 Å². The summed E-state index contributed by atoms with van der Waals surface area (Å²) in [6.07, 6.45) is 1.65. The highest BCUT2D eigenvalue weighted by molar-refractivity contribution is 5.96. The Morgan fingerprint density at radius 2 is 2.00 bits per heavy atom. The maximum absolute atomic E-state index is 12.5. The lowest BCUT2D eigenvalue weighted by atomic mass is 10.2. The van der Waals surface area contributed by atoms with Crippen molar-refractivity contribution in [3.8, 4) is 5.75 Å². The van der Waals surface area contributed by atoms with Crippen LogP contribution in [0.5, 0.6) is 5.75 Å². The van der Waals surface area contributed by atoms with Crippen molar-refractivity contribution < 1.29 is 18.7 Å². The Bertz CT molecular complexity index is 669. The standard InChI is InChI=1S/C17H18N2O4/c1-18-16(20)14-10-13(23-12-6-3-2-4-7-12)11-19(14)17(21)15-8-5-9-22-15/h2-9,13-14H,10-11H2,1H3,(H,18,20)/t13-,14-/m0/s1. The zero-order valence-corrected chi connectivity index (χ0v) is 12.8. The number of hydrogen-bond acceptors (Lipinski definition) is 4. The fraction of sp³-hybridized carbons (Fsp3) is 0.294. The van der Waals surface area contributed by atoms with Crippen LogP contribution in [0, 0.1) is 0 Å². The van der Waals surface area contributed by atoms with E-state index in [2.05, 4.69) is 5.32 Å². The minimum Gasteiger partial charge on any atom is -0.488 e. The van der Waals surface area contributed by atoms with Crippen molar-refractivity contribution >= 4 is 11.8 Å². The lowest BCUT2D eigenvalue weighted by Crippen LogP contribution is -2.44. The van der Waals surface area contributed by atoms with Crippen molar-refractivity contribution in [2.75, 3.05) is 13.6 Å². The Hall–Kier alpha value is -2.76. The zero-order valence-electron chi connectivity index (χ0n) is 12.8. The van der Waals surface area contributed by atoms with Gasteiger partial charge in [-0.05, 0) is 24.3 Å². The molecule has 0 spiro atoms. The molecule has 1 aliphatic rings. The summed E-state index contributed by atoms with van der Waals surface area (Å²) < 4.78 is 11.1. The van der Waals surface area contributed by atoms with Crippen molar-refractivity contribution in [1.82, 2.24) is 10.2 Å². The van der Waals surface area contributed by atoms with Gasteiger partial charge in [0.2, 0.25) is 5.91 Å². The van der Waals surface area contributed by atoms with E-state index >= 15 is 0 Å². The molecule has 0 aliphatic carbocycles. The van der Waals surface area contributed by atoms with Gasteiger partial charge in [-0.2, -0.15) is 0 Å². The average Bonchev–Trinajstić information content (AvgIpc) is 3.24. The van der Waals surface area contributed by atoms with Gasteiger partial charge in [0.25, 0.3) is 5.91 Å². The number of hydrogen-bond donors (Lipinski definition) is 1. The van der Waals surface area contributed by atoms with Crippen molar-refractivity contribution in [1.29, 1.82) is 0 Å². The van der Waals surface area contributed by atoms with Gasteiger partial charge in [0, 0.05) is 13.5 Å². The zero-order chi connectivity index (χ0) is 16.2. The molecule has 1 fully saturated rings. The lowest BCUT2D eigenvalue weighted by Gasteiger charge is -2.21. The number of likely N-dealkylation sites (tertiary alicyclic amines) is 1. The smallest absolute Gasteiger partial charge is 0.290 e. The van der Waals surface area contributed by atoms with Crippen LogP contribution in [0.25, 0.3) is 0 Å². The summed E-state index contributed by atoms with van der Waals surface area (Å²) >= 11 is 0. The third kappa shape index (κ3) is 3.21. The summed E-state index contributed by atoms with van der Waals surface area (Å²) in [4.78, 5) is 26.1. The molecule has 0 saturated carbocycles. The number of nitrogens with zero attached hydrogens (tertiary/aromatic N) is 1. The highest BCUT2D eigenvalue weighted by Gasteiger charge is 2.41. The second kappa shape index (κ2) is 6.56. The molecule has 23 heavy (non-hydrogen) atoms. The van der Waals surface area contributed by atoms with E-state index in [4.69, 9.17) is 9.15 Å². The number of para-hydroxylation sites is 1. The second-order valence-electron chi connectivity index (χ2n) is 5.35. The fourth-order valence-corrected chi connectivity index (χ4v) is 2.76. The van der Waals surface area contributed by atoms with Crippen molar-refractivity contribution in [3.05, 3.63) is 54.5 Å². The topological polar surface area (TPSA) is 71.8 Å². The Balaban J connectivity index is 1.77. The molecule has 1 N–H and O–H groups in total. The summed E-state index contributed by atoms with van der Waals surface area (Å²) in [6, 6.07) is 12.1. The Labute approximate surface area is 134 Å². The molecule has 0 bridgehead atoms. The number of benzene rings is 1. The van der Waals surface area contributed by atoms with Crippen LogP contribution in [-0.2, 0) is 4.79 Å². The number of furan rings is 1. The van der Waals surface area contributed by atoms with E-state index in [1.165, 1.54) is 11.2 Å². The lowest BCUT2D eigenvalue weighted by molar-refractivity contribution is -0.124. The molecule has 2 aromatic rings. The maximum Gasteiger partial charge on any atom is 0.290 e. The van der Waals surface area contributed by atoms with Gasteiger partial charge in [0.1, 0.15) is 17.9 Å². The Kier molecular flexibility index (Phi) is 4.32. The monoisotopic (exact) mass is 314 g/mol. The first-order valence-corrected chi connectivity index (χ1v) is 7.47. The van der Waals surface area contributed by atoms with E-state index in [1.807, 2.05) is 30.3 Å². The van der Waals surface area contributed by atoms with Gasteiger partial charge >= 0.3 is 0 Å². The summed E-state index contributed by atoms with van der Waals surface area (Å²) in [7, 11) is 1.56. The van der Waals surface area contributed by atoms with Crippen molar-refractivity contribution in [2.24, 2.45) is 0 Å². The van der Waals surface area contributed by atoms with Crippen LogP contribution in [0.3, 0.4) is 0 Å². The van der Waals surface area contributed by atoms with Gasteiger partial charge in [0.15, 0.2) is 5.76 Å². The van der Waals surface area contributed by atoms with Crippen LogP contribution < -0.4 is 10.1 Å². The third-order valence-electron chi connectivity index (χ3n) is 3.85. The molecule has 2 amide bonds. The molecule has 1 aliphatic heterocycles. The van der Waals surface area contributed by atoms with E-state index in [-0.39, 0.29) is 23.7 Å². The average molecular weight is 314 g/mol. The molecular weight excluding hydrogens is 296 g/mol. The largest absolute Gasteiger partial charge is 0.488 e. The van der Waals surface area contributed by atoms with Gasteiger partial charge in [-0.1, -0.05) is 18.2 Å². The van der Waals surface area contributed by atoms with Crippen molar-refractivity contribution in [3.63, 3.8) is 0 Å². The van der Waals surface area contributed by atoms with Gasteiger partial charge in [-0.3, -0.25) is 9.59 Å². The van der Waals surface area contributed by atoms with E-state index in [9.17, 15) is 9.59 Å². The molecule has 2 heterocycles. The summed E-state index contributed by atoms with van der Waals surface area (Å²) in [5, 5.41) is 2.60. The van der Waals surface area contributed by atoms with Gasteiger partial charge in [-0.25, -0.2) is 0 Å². The number of likely N-dealkylation sites (N-methyl/N-ethyl adjacent to an activating group) is 1. The van der Waals surface area contributed by atoms with E-state index in [0.29, 0.717) is 13.0 Å². The van der Waals surface area contributed by atoms with Crippen LogP contribution in [0.1, 0.15) is 17.0 Å². The quantitative estimate of drug-likeness (QED) is 0.932. The predicted molar refractivity (Wildman–Crippen MR) is 83.1 cm³/mol. The molecule has 6 heteroatoms. The summed E-state index contributed by atoms with van der Waals surface area (Å²) in [5.74, 6) is 0.437. The molecule has 6 nitrogen and oxygen atoms in total. The molecule has 0 radical (unpaired) electrons. The minimum absolute atomic E-state index is 0.205. The molecule has 1 aromatic carbocycles. The van der Waals surface area contributed by atoms with Crippen LogP contribution in [0.4, 0.5) is 0 Å². The van der Waals surface area contributed by atoms with Crippen LogP contribution in [0.15, 0.2) is 53.1 Å². The van der Waals surface area contributed by atoms with Gasteiger partial charge in [0.05, 0.1) is 12.8 Å². The molecule has 2 atom stereocenters. The molecule has 1 aromatic heterocycles. The first kappa shape index (κ1) is 15.1. The van der Waals surface area contributed by atoms with Gasteiger partial charge < -0.3 is 19.4 Å². The van der Waals surface area contributed by atoms with E-state index in [1.54, 1.807) is 19.2 Å². The summed E-state index contributed by atoms with van der Waals surface area (Å²) in [5.41, 5.74) is 0. The second-order valence-corrected chi connectivity index (χ2v) is 5.35. The molecule has 120 valence electrons. The number of carbonyl (C=O) groups excluding carboxylic acids is 2. The number of nitrogens with one attached hydrogen (secondary N) is 1.